The van der Waals surface area contributed by atoms with Gasteiger partial charge in [-0.1, -0.05) is 84.9 Å². The maximum Gasteiger partial charge on any atom is 0.406 e. The lowest BCUT2D eigenvalue weighted by Gasteiger charge is -2.38. The topological polar surface area (TPSA) is 112 Å². The van der Waals surface area contributed by atoms with Crippen LogP contribution in [0, 0.1) is 11.3 Å². The molecule has 0 aliphatic heterocycles. The first kappa shape index (κ1) is 43.2. The maximum atomic E-state index is 12.5. The minimum absolute atomic E-state index is 0.0935. The number of methoxy groups -OCH3 is 3. The Bertz CT molecular complexity index is 2130. The van der Waals surface area contributed by atoms with Gasteiger partial charge in [-0.3, -0.25) is 0 Å². The fourth-order valence-electron chi connectivity index (χ4n) is 7.73. The number of rotatable bonds is 19. The van der Waals surface area contributed by atoms with Crippen molar-refractivity contribution in [2.45, 2.75) is 70.7 Å². The van der Waals surface area contributed by atoms with Crippen LogP contribution in [0.1, 0.15) is 67.5 Å². The highest BCUT2D eigenvalue weighted by atomic mass is 31.2. The molecule has 5 aromatic carbocycles. The fourth-order valence-corrected chi connectivity index (χ4v) is 9.44. The highest BCUT2D eigenvalue weighted by Crippen LogP contribution is 2.50. The lowest BCUT2D eigenvalue weighted by molar-refractivity contribution is 0.124. The van der Waals surface area contributed by atoms with Crippen molar-refractivity contribution in [1.82, 2.24) is 9.99 Å². The van der Waals surface area contributed by atoms with Crippen LogP contribution in [0.3, 0.4) is 0 Å². The van der Waals surface area contributed by atoms with E-state index in [1.165, 1.54) is 12.7 Å². The van der Waals surface area contributed by atoms with Gasteiger partial charge in [-0.25, -0.2) is 9.46 Å². The number of fused-ring (bicyclic) bond motifs is 3. The van der Waals surface area contributed by atoms with Crippen molar-refractivity contribution in [2.24, 2.45) is 0 Å². The average molecular weight is 816 g/mol. The number of alkyl carbamates (subject to hydrolysis) is 1. The molecule has 5 aromatic rings. The number of carbonyl (C=O) groups excluding carboxylic acids is 1. The normalized spacial score (nSPS) is 13.0. The van der Waals surface area contributed by atoms with E-state index in [0.717, 1.165) is 56.2 Å². The van der Waals surface area contributed by atoms with E-state index in [1.54, 1.807) is 14.2 Å². The zero-order valence-corrected chi connectivity index (χ0v) is 35.8. The first-order valence-corrected chi connectivity index (χ1v) is 21.1. The third-order valence-corrected chi connectivity index (χ3v) is 12.6. The van der Waals surface area contributed by atoms with E-state index in [0.29, 0.717) is 12.8 Å². The second-order valence-electron chi connectivity index (χ2n) is 14.9. The molecule has 59 heavy (non-hydrogen) atoms. The van der Waals surface area contributed by atoms with Crippen LogP contribution in [0.2, 0.25) is 0 Å². The summed E-state index contributed by atoms with van der Waals surface area (Å²) in [5.74, 6) is 2.20. The highest BCUT2D eigenvalue weighted by Gasteiger charge is 2.41. The Labute approximate surface area is 349 Å². The number of hydrogen-bond acceptors (Lipinski definition) is 9. The molecule has 0 aromatic heterocycles. The molecule has 0 radical (unpaired) electrons. The van der Waals surface area contributed by atoms with Crippen LogP contribution in [-0.4, -0.2) is 63.4 Å². The predicted octanol–water partition coefficient (Wildman–Crippen LogP) is 10.2. The monoisotopic (exact) mass is 815 g/mol. The predicted molar refractivity (Wildman–Crippen MR) is 232 cm³/mol. The molecule has 1 aliphatic carbocycles. The fraction of sp³-hybridized carbons (Fsp3) is 0.333. The minimum Gasteiger partial charge on any atom is -0.497 e. The molecule has 1 aliphatic rings. The minimum atomic E-state index is -1.62. The van der Waals surface area contributed by atoms with E-state index in [1.807, 2.05) is 42.5 Å². The van der Waals surface area contributed by atoms with Gasteiger partial charge in [0.2, 0.25) is 0 Å². The second-order valence-corrected chi connectivity index (χ2v) is 16.3. The Morgan fingerprint density at radius 1 is 0.797 bits per heavy atom. The molecule has 1 N–H and O–H groups in total. The van der Waals surface area contributed by atoms with E-state index in [4.69, 9.17) is 28.0 Å². The number of carbonyl (C=O) groups is 1. The van der Waals surface area contributed by atoms with Gasteiger partial charge >= 0.3 is 6.09 Å². The summed E-state index contributed by atoms with van der Waals surface area (Å²) < 4.78 is 39.3. The smallest absolute Gasteiger partial charge is 0.406 e. The van der Waals surface area contributed by atoms with E-state index >= 15 is 0 Å². The van der Waals surface area contributed by atoms with Crippen LogP contribution >= 0.6 is 8.53 Å². The Morgan fingerprint density at radius 3 is 1.97 bits per heavy atom. The van der Waals surface area contributed by atoms with Gasteiger partial charge in [0.05, 0.1) is 46.5 Å². The molecule has 308 valence electrons. The third kappa shape index (κ3) is 9.89. The zero-order valence-electron chi connectivity index (χ0n) is 34.9. The first-order valence-electron chi connectivity index (χ1n) is 20.0. The van der Waals surface area contributed by atoms with Crippen LogP contribution in [0.4, 0.5) is 4.79 Å². The van der Waals surface area contributed by atoms with Crippen LogP contribution in [-0.2, 0) is 32.2 Å². The van der Waals surface area contributed by atoms with Gasteiger partial charge in [0.15, 0.2) is 5.60 Å². The number of nitrogens with one attached hydrogen (secondary N) is 1. The number of benzene rings is 5. The summed E-state index contributed by atoms with van der Waals surface area (Å²) in [6, 6.07) is 41.5. The van der Waals surface area contributed by atoms with Gasteiger partial charge in [-0.15, -0.1) is 0 Å². The van der Waals surface area contributed by atoms with Crippen molar-refractivity contribution < 1.29 is 32.8 Å². The Balaban J connectivity index is 1.52. The van der Waals surface area contributed by atoms with Gasteiger partial charge in [-0.05, 0) is 80.3 Å². The molecule has 11 heteroatoms. The summed E-state index contributed by atoms with van der Waals surface area (Å²) in [6.45, 7) is 8.77. The molecule has 0 saturated carbocycles. The van der Waals surface area contributed by atoms with E-state index < -0.39 is 26.3 Å². The lowest BCUT2D eigenvalue weighted by atomic mass is 9.79. The third-order valence-electron chi connectivity index (χ3n) is 10.4. The number of amides is 1. The first-order chi connectivity index (χ1) is 28.6. The lowest BCUT2D eigenvalue weighted by Crippen LogP contribution is -2.38. The van der Waals surface area contributed by atoms with E-state index in [2.05, 4.69) is 117 Å². The van der Waals surface area contributed by atoms with Crippen LogP contribution in [0.5, 0.6) is 17.2 Å². The Hall–Kier alpha value is -5.43. The maximum absolute atomic E-state index is 12.5. The highest BCUT2D eigenvalue weighted by molar-refractivity contribution is 7.44. The molecule has 0 bridgehead atoms. The summed E-state index contributed by atoms with van der Waals surface area (Å²) in [5, 5.41) is 12.2. The largest absolute Gasteiger partial charge is 0.497 e. The summed E-state index contributed by atoms with van der Waals surface area (Å²) in [4.78, 5) is 12.5. The number of ether oxygens (including phenoxy) is 4. The van der Waals surface area contributed by atoms with Crippen molar-refractivity contribution >= 4 is 14.6 Å². The van der Waals surface area contributed by atoms with Crippen LogP contribution in [0.25, 0.3) is 11.1 Å². The molecule has 6 rings (SSSR count). The molecular weight excluding hydrogens is 762 g/mol. The summed E-state index contributed by atoms with van der Waals surface area (Å²) in [7, 11) is 3.04. The average Bonchev–Trinajstić information content (AvgIpc) is 3.63. The van der Waals surface area contributed by atoms with Crippen molar-refractivity contribution in [3.05, 3.63) is 149 Å². The van der Waals surface area contributed by atoms with Gasteiger partial charge < -0.3 is 33.3 Å². The molecule has 0 fully saturated rings. The molecular formula is C48H54N3O7P. The Kier molecular flexibility index (Phi) is 14.6. The van der Waals surface area contributed by atoms with E-state index in [-0.39, 0.29) is 31.7 Å². The standard InChI is InChI=1S/C48H54N3O7P/c1-33(2)51(34(3)4)59(56-27-13-26-49)58-42(32-50-47(52)55-7)28-35-29-44-43-17-12-11-14-36(43)31-45(44)46(30-35)57-48(37-15-9-8-10-16-37,38-18-22-40(53-5)23-19-38)39-20-24-41(54-6)25-21-39/h8-12,14-25,29-30,33-34,42H,13,27-28,31-32H2,1-7H3,(H,50,52). The quantitative estimate of drug-likeness (QED) is 0.0485. The summed E-state index contributed by atoms with van der Waals surface area (Å²) in [5.41, 5.74) is 7.12. The molecule has 0 heterocycles. The van der Waals surface area contributed by atoms with Gasteiger partial charge in [0.1, 0.15) is 17.2 Å². The van der Waals surface area contributed by atoms with Crippen molar-refractivity contribution in [3.63, 3.8) is 0 Å². The van der Waals surface area contributed by atoms with Crippen LogP contribution < -0.4 is 19.5 Å². The molecule has 10 nitrogen and oxygen atoms in total. The number of nitrogens with zero attached hydrogens (tertiary/aromatic N) is 2. The van der Waals surface area contributed by atoms with Crippen molar-refractivity contribution in [2.75, 3.05) is 34.5 Å². The zero-order chi connectivity index (χ0) is 41.9. The number of hydrogen-bond donors (Lipinski definition) is 1. The summed E-state index contributed by atoms with van der Waals surface area (Å²) >= 11 is 0. The second kappa shape index (κ2) is 20.0. The summed E-state index contributed by atoms with van der Waals surface area (Å²) in [6.07, 6.45) is 0.234. The van der Waals surface area contributed by atoms with Gasteiger partial charge in [0, 0.05) is 53.7 Å². The molecule has 2 atom stereocenters. The molecule has 2 unspecified atom stereocenters. The van der Waals surface area contributed by atoms with E-state index in [9.17, 15) is 10.1 Å². The van der Waals surface area contributed by atoms with Gasteiger partial charge in [0.25, 0.3) is 8.53 Å². The Morgan fingerprint density at radius 2 is 1.39 bits per heavy atom. The number of nitriles is 1. The van der Waals surface area contributed by atoms with Crippen LogP contribution in [0.15, 0.2) is 115 Å². The SMILES string of the molecule is COC(=O)NCC(Cc1cc(OC(c2ccccc2)(c2ccc(OC)cc2)c2ccc(OC)cc2)c2c(c1)-c1ccccc1C2)OP(OCCC#N)N(C(C)C)C(C)C. The molecule has 1 amide bonds. The van der Waals surface area contributed by atoms with Gasteiger partial charge in [-0.2, -0.15) is 5.26 Å². The van der Waals surface area contributed by atoms with Crippen molar-refractivity contribution in [3.8, 4) is 34.4 Å². The molecule has 0 spiro atoms. The molecule has 0 saturated heterocycles. The van der Waals surface area contributed by atoms with Crippen molar-refractivity contribution in [1.29, 1.82) is 5.26 Å².